The Labute approximate surface area is 152 Å². The number of hydrogen-bond acceptors (Lipinski definition) is 4. The number of aliphatic carboxylic acids is 1. The van der Waals surface area contributed by atoms with Crippen LogP contribution < -0.4 is 4.74 Å². The van der Waals surface area contributed by atoms with Crippen LogP contribution >= 0.6 is 0 Å². The van der Waals surface area contributed by atoms with E-state index in [0.717, 1.165) is 19.9 Å². The summed E-state index contributed by atoms with van der Waals surface area (Å²) in [6.07, 6.45) is -6.79. The Bertz CT molecular complexity index is 708. The molecule has 10 heteroatoms. The predicted molar refractivity (Wildman–Crippen MR) is 82.6 cm³/mol. The first-order valence-electron chi connectivity index (χ1n) is 8.02. The summed E-state index contributed by atoms with van der Waals surface area (Å²) in [7, 11) is 1.34. The van der Waals surface area contributed by atoms with Gasteiger partial charge in [0.25, 0.3) is 0 Å². The number of alkyl halides is 3. The smallest absolute Gasteiger partial charge is 0.417 e. The number of ether oxygens (including phenoxy) is 3. The molecule has 0 aliphatic carbocycles. The third-order valence-electron chi connectivity index (χ3n) is 4.89. The van der Waals surface area contributed by atoms with Crippen LogP contribution in [0.2, 0.25) is 0 Å². The third-order valence-corrected chi connectivity index (χ3v) is 4.89. The molecule has 27 heavy (non-hydrogen) atoms. The molecule has 1 N–H and O–H groups in total. The average molecular weight is 398 g/mol. The summed E-state index contributed by atoms with van der Waals surface area (Å²) in [5.74, 6) is -7.81. The summed E-state index contributed by atoms with van der Waals surface area (Å²) >= 11 is 0. The zero-order valence-corrected chi connectivity index (χ0v) is 14.8. The van der Waals surface area contributed by atoms with Gasteiger partial charge in [-0.05, 0) is 13.0 Å². The lowest BCUT2D eigenvalue weighted by molar-refractivity contribution is -0.273. The minimum absolute atomic E-state index is 0.00867. The molecule has 1 saturated heterocycles. The van der Waals surface area contributed by atoms with Crippen LogP contribution in [0, 0.1) is 17.6 Å². The molecule has 1 heterocycles. The lowest BCUT2D eigenvalue weighted by Crippen LogP contribution is -2.47. The summed E-state index contributed by atoms with van der Waals surface area (Å²) < 4.78 is 83.2. The van der Waals surface area contributed by atoms with Crippen molar-refractivity contribution in [3.8, 4) is 5.75 Å². The summed E-state index contributed by atoms with van der Waals surface area (Å²) in [5.41, 5.74) is -2.99. The van der Waals surface area contributed by atoms with Crippen molar-refractivity contribution >= 4 is 5.97 Å². The van der Waals surface area contributed by atoms with E-state index < -0.39 is 53.1 Å². The Kier molecular flexibility index (Phi) is 6.00. The topological polar surface area (TPSA) is 65.0 Å². The maximum Gasteiger partial charge on any atom is 0.417 e. The Morgan fingerprint density at radius 2 is 1.93 bits per heavy atom. The quantitative estimate of drug-likeness (QED) is 0.587. The van der Waals surface area contributed by atoms with E-state index in [4.69, 9.17) is 14.2 Å². The highest BCUT2D eigenvalue weighted by Gasteiger charge is 2.66. The zero-order valence-electron chi connectivity index (χ0n) is 14.8. The fourth-order valence-electron chi connectivity index (χ4n) is 3.19. The van der Waals surface area contributed by atoms with Gasteiger partial charge in [0.1, 0.15) is 6.61 Å². The molecule has 0 aromatic heterocycles. The van der Waals surface area contributed by atoms with E-state index in [1.54, 1.807) is 0 Å². The SMILES string of the molecule is COCCOc1c(C2C(C)C(C)(C(F)(F)F)O[C@H]2C(=O)O)ccc(F)c1F. The normalized spacial score (nSPS) is 28.4. The first kappa shape index (κ1) is 21.4. The largest absolute Gasteiger partial charge is 0.488 e. The molecule has 0 radical (unpaired) electrons. The van der Waals surface area contributed by atoms with Crippen LogP contribution in [0.1, 0.15) is 25.3 Å². The van der Waals surface area contributed by atoms with Gasteiger partial charge >= 0.3 is 12.1 Å². The lowest BCUT2D eigenvalue weighted by Gasteiger charge is -2.32. The second kappa shape index (κ2) is 7.59. The maximum atomic E-state index is 14.3. The molecule has 4 atom stereocenters. The van der Waals surface area contributed by atoms with Gasteiger partial charge in [-0.1, -0.05) is 13.0 Å². The van der Waals surface area contributed by atoms with Crippen LogP contribution in [0.5, 0.6) is 5.75 Å². The molecule has 1 aromatic rings. The van der Waals surface area contributed by atoms with Gasteiger partial charge in [-0.2, -0.15) is 17.6 Å². The van der Waals surface area contributed by atoms with Crippen molar-refractivity contribution in [3.05, 3.63) is 29.3 Å². The highest BCUT2D eigenvalue weighted by atomic mass is 19.4. The first-order chi connectivity index (χ1) is 12.5. The molecule has 152 valence electrons. The van der Waals surface area contributed by atoms with Gasteiger partial charge in [0.05, 0.1) is 6.61 Å². The Balaban J connectivity index is 2.57. The standard InChI is InChI=1S/C17H19F5O5/c1-8-11(14(15(23)24)27-16(8,2)17(20,21)22)9-4-5-10(18)12(19)13(9)26-7-6-25-3/h4-5,8,11,14H,6-7H2,1-3H3,(H,23,24)/t8?,11?,14-,16?/m1/s1. The van der Waals surface area contributed by atoms with Gasteiger partial charge in [0, 0.05) is 24.5 Å². The fourth-order valence-corrected chi connectivity index (χ4v) is 3.19. The van der Waals surface area contributed by atoms with E-state index in [0.29, 0.717) is 6.07 Å². The highest BCUT2D eigenvalue weighted by molar-refractivity contribution is 5.75. The summed E-state index contributed by atoms with van der Waals surface area (Å²) in [6, 6.07) is 1.73. The van der Waals surface area contributed by atoms with Crippen molar-refractivity contribution in [3.63, 3.8) is 0 Å². The summed E-state index contributed by atoms with van der Waals surface area (Å²) in [5, 5.41) is 9.37. The molecule has 1 aliphatic heterocycles. The Morgan fingerprint density at radius 3 is 2.44 bits per heavy atom. The van der Waals surface area contributed by atoms with Crippen LogP contribution in [0.4, 0.5) is 22.0 Å². The fraction of sp³-hybridized carbons (Fsp3) is 0.588. The minimum atomic E-state index is -4.87. The summed E-state index contributed by atoms with van der Waals surface area (Å²) in [6.45, 7) is 1.69. The number of carbonyl (C=O) groups is 1. The molecule has 1 aromatic carbocycles. The number of hydrogen-bond donors (Lipinski definition) is 1. The van der Waals surface area contributed by atoms with Crippen LogP contribution in [0.3, 0.4) is 0 Å². The number of rotatable bonds is 6. The molecule has 0 saturated carbocycles. The number of carboxylic acid groups (broad SMARTS) is 1. The maximum absolute atomic E-state index is 14.3. The molecular weight excluding hydrogens is 379 g/mol. The lowest BCUT2D eigenvalue weighted by atomic mass is 9.77. The monoisotopic (exact) mass is 398 g/mol. The molecule has 5 nitrogen and oxygen atoms in total. The molecular formula is C17H19F5O5. The zero-order chi connectivity index (χ0) is 20.6. The van der Waals surface area contributed by atoms with E-state index in [2.05, 4.69) is 0 Å². The number of methoxy groups -OCH3 is 1. The van der Waals surface area contributed by atoms with E-state index in [1.807, 2.05) is 0 Å². The van der Waals surface area contributed by atoms with Crippen molar-refractivity contribution in [1.82, 2.24) is 0 Å². The predicted octanol–water partition coefficient (Wildman–Crippen LogP) is 3.51. The van der Waals surface area contributed by atoms with Crippen LogP contribution in [0.25, 0.3) is 0 Å². The van der Waals surface area contributed by atoms with Gasteiger partial charge in [0.2, 0.25) is 5.82 Å². The van der Waals surface area contributed by atoms with Crippen molar-refractivity contribution in [1.29, 1.82) is 0 Å². The van der Waals surface area contributed by atoms with Crippen LogP contribution in [0.15, 0.2) is 12.1 Å². The van der Waals surface area contributed by atoms with Crippen molar-refractivity contribution in [2.75, 3.05) is 20.3 Å². The van der Waals surface area contributed by atoms with Crippen LogP contribution in [-0.4, -0.2) is 49.3 Å². The van der Waals surface area contributed by atoms with E-state index in [9.17, 15) is 31.9 Å². The van der Waals surface area contributed by atoms with Gasteiger partial charge < -0.3 is 19.3 Å². The van der Waals surface area contributed by atoms with E-state index in [-0.39, 0.29) is 18.8 Å². The van der Waals surface area contributed by atoms with Gasteiger partial charge in [-0.25, -0.2) is 9.18 Å². The molecule has 0 bridgehead atoms. The average Bonchev–Trinajstić information content (AvgIpc) is 2.85. The van der Waals surface area contributed by atoms with Crippen molar-refractivity contribution < 1.29 is 46.1 Å². The van der Waals surface area contributed by atoms with Gasteiger partial charge in [-0.3, -0.25) is 0 Å². The number of halogens is 5. The number of benzene rings is 1. The first-order valence-corrected chi connectivity index (χ1v) is 8.02. The van der Waals surface area contributed by atoms with Gasteiger partial charge in [-0.15, -0.1) is 0 Å². The van der Waals surface area contributed by atoms with Crippen LogP contribution in [-0.2, 0) is 14.3 Å². The number of carboxylic acids is 1. The van der Waals surface area contributed by atoms with E-state index in [1.165, 1.54) is 7.11 Å². The van der Waals surface area contributed by atoms with Crippen molar-refractivity contribution in [2.24, 2.45) is 5.92 Å². The Morgan fingerprint density at radius 1 is 1.30 bits per heavy atom. The molecule has 0 spiro atoms. The Hall–Kier alpha value is -1.94. The minimum Gasteiger partial charge on any atom is -0.488 e. The molecule has 2 rings (SSSR count). The van der Waals surface area contributed by atoms with Gasteiger partial charge in [0.15, 0.2) is 23.3 Å². The molecule has 1 aliphatic rings. The third kappa shape index (κ3) is 3.73. The highest BCUT2D eigenvalue weighted by Crippen LogP contribution is 2.54. The molecule has 1 fully saturated rings. The second-order valence-electron chi connectivity index (χ2n) is 6.42. The van der Waals surface area contributed by atoms with Crippen molar-refractivity contribution in [2.45, 2.75) is 37.6 Å². The molecule has 0 amide bonds. The van der Waals surface area contributed by atoms with E-state index >= 15 is 0 Å². The molecule has 3 unspecified atom stereocenters. The summed E-state index contributed by atoms with van der Waals surface area (Å²) in [4.78, 5) is 11.5. The second-order valence-corrected chi connectivity index (χ2v) is 6.42.